The van der Waals surface area contributed by atoms with Gasteiger partial charge >= 0.3 is 0 Å². The summed E-state index contributed by atoms with van der Waals surface area (Å²) in [6, 6.07) is 3.86. The summed E-state index contributed by atoms with van der Waals surface area (Å²) in [5, 5.41) is 17.6. The molecule has 24 heavy (non-hydrogen) atoms. The van der Waals surface area contributed by atoms with Crippen LogP contribution in [0.25, 0.3) is 0 Å². The van der Waals surface area contributed by atoms with Crippen molar-refractivity contribution in [2.24, 2.45) is 0 Å². The van der Waals surface area contributed by atoms with Crippen molar-refractivity contribution >= 4 is 33.0 Å². The first-order chi connectivity index (χ1) is 11.3. The third-order valence-electron chi connectivity index (χ3n) is 2.78. The number of benzene rings is 1. The van der Waals surface area contributed by atoms with Gasteiger partial charge in [0.1, 0.15) is 15.7 Å². The van der Waals surface area contributed by atoms with Gasteiger partial charge in [0.2, 0.25) is 5.69 Å². The standard InChI is InChI=1S/C13H14ClFN4O4S/c1-24(20,21)6-2-5-22-13-11(18-23-19-13)12(16)17-8-3-4-10(15)9(14)7-8/h3-4,7H,2,5-6H2,1H3,(H2,16,17). The molecule has 2 rings (SSSR count). The molecule has 11 heteroatoms. The van der Waals surface area contributed by atoms with Crippen molar-refractivity contribution < 1.29 is 22.2 Å². The number of ether oxygens (including phenoxy) is 1. The minimum atomic E-state index is -3.08. The van der Waals surface area contributed by atoms with Crippen LogP contribution in [-0.2, 0) is 9.84 Å². The van der Waals surface area contributed by atoms with Crippen LogP contribution in [0.5, 0.6) is 5.88 Å². The summed E-state index contributed by atoms with van der Waals surface area (Å²) < 4.78 is 45.0. The highest BCUT2D eigenvalue weighted by atomic mass is 35.5. The Hall–Kier alpha value is -2.20. The molecule has 2 aromatic rings. The summed E-state index contributed by atoms with van der Waals surface area (Å²) >= 11 is 5.67. The van der Waals surface area contributed by atoms with Crippen LogP contribution in [0.4, 0.5) is 10.1 Å². The Morgan fingerprint density at radius 3 is 2.88 bits per heavy atom. The maximum atomic E-state index is 13.1. The van der Waals surface area contributed by atoms with Crippen molar-refractivity contribution in [3.05, 3.63) is 34.7 Å². The number of nitrogens with zero attached hydrogens (tertiary/aromatic N) is 2. The first kappa shape index (κ1) is 18.1. The minimum Gasteiger partial charge on any atom is -0.474 e. The average molecular weight is 377 g/mol. The van der Waals surface area contributed by atoms with Crippen LogP contribution >= 0.6 is 11.6 Å². The van der Waals surface area contributed by atoms with Gasteiger partial charge in [0, 0.05) is 11.9 Å². The molecule has 0 spiro atoms. The molecule has 1 aromatic carbocycles. The van der Waals surface area contributed by atoms with Gasteiger partial charge in [-0.1, -0.05) is 11.6 Å². The predicted molar refractivity (Wildman–Crippen MR) is 86.0 cm³/mol. The zero-order valence-corrected chi connectivity index (χ0v) is 14.1. The van der Waals surface area contributed by atoms with Gasteiger partial charge in [-0.15, -0.1) is 0 Å². The van der Waals surface area contributed by atoms with Crippen LogP contribution in [0.15, 0.2) is 22.8 Å². The second-order valence-corrected chi connectivity index (χ2v) is 7.55. The number of halogens is 2. The van der Waals surface area contributed by atoms with E-state index < -0.39 is 15.7 Å². The Morgan fingerprint density at radius 1 is 1.46 bits per heavy atom. The fraction of sp³-hybridized carbons (Fsp3) is 0.308. The van der Waals surface area contributed by atoms with E-state index in [-0.39, 0.29) is 41.2 Å². The van der Waals surface area contributed by atoms with Crippen LogP contribution in [0.3, 0.4) is 0 Å². The topological polar surface area (TPSA) is 118 Å². The lowest BCUT2D eigenvalue weighted by Crippen LogP contribution is -2.15. The Bertz CT molecular complexity index is 840. The molecule has 0 saturated carbocycles. The molecule has 0 aliphatic heterocycles. The second-order valence-electron chi connectivity index (χ2n) is 4.88. The molecule has 130 valence electrons. The fourth-order valence-corrected chi connectivity index (χ4v) is 2.52. The van der Waals surface area contributed by atoms with E-state index in [1.54, 1.807) is 0 Å². The van der Waals surface area contributed by atoms with E-state index in [0.29, 0.717) is 5.69 Å². The lowest BCUT2D eigenvalue weighted by molar-refractivity contribution is 0.255. The molecular weight excluding hydrogens is 363 g/mol. The number of aromatic nitrogens is 2. The van der Waals surface area contributed by atoms with Gasteiger partial charge in [-0.05, 0) is 34.9 Å². The number of hydrogen-bond donors (Lipinski definition) is 2. The Morgan fingerprint density at radius 2 is 2.21 bits per heavy atom. The zero-order chi connectivity index (χ0) is 17.7. The van der Waals surface area contributed by atoms with E-state index in [0.717, 1.165) is 12.3 Å². The first-order valence-electron chi connectivity index (χ1n) is 6.70. The highest BCUT2D eigenvalue weighted by Crippen LogP contribution is 2.21. The quantitative estimate of drug-likeness (QED) is 0.431. The third kappa shape index (κ3) is 5.17. The molecule has 0 atom stereocenters. The molecular formula is C13H14ClFN4O4S. The van der Waals surface area contributed by atoms with Gasteiger partial charge in [-0.25, -0.2) is 17.4 Å². The molecule has 1 aromatic heterocycles. The maximum Gasteiger partial charge on any atom is 0.287 e. The molecule has 0 amide bonds. The molecule has 2 N–H and O–H groups in total. The summed E-state index contributed by atoms with van der Waals surface area (Å²) in [7, 11) is -3.08. The smallest absolute Gasteiger partial charge is 0.287 e. The maximum absolute atomic E-state index is 13.1. The molecule has 0 radical (unpaired) electrons. The van der Waals surface area contributed by atoms with Gasteiger partial charge in [0.25, 0.3) is 5.88 Å². The van der Waals surface area contributed by atoms with E-state index in [1.807, 2.05) is 0 Å². The molecule has 0 saturated heterocycles. The van der Waals surface area contributed by atoms with E-state index in [2.05, 4.69) is 20.3 Å². The van der Waals surface area contributed by atoms with Crippen LogP contribution < -0.4 is 10.1 Å². The van der Waals surface area contributed by atoms with Gasteiger partial charge in [0.05, 0.1) is 17.4 Å². The molecule has 0 unspecified atom stereocenters. The fourth-order valence-electron chi connectivity index (χ4n) is 1.70. The van der Waals surface area contributed by atoms with Crippen LogP contribution in [0.1, 0.15) is 12.1 Å². The number of anilines is 1. The number of hydrogen-bond acceptors (Lipinski definition) is 7. The van der Waals surface area contributed by atoms with E-state index >= 15 is 0 Å². The van der Waals surface area contributed by atoms with Crippen LogP contribution in [0, 0.1) is 11.2 Å². The number of amidine groups is 1. The molecule has 0 aliphatic rings. The molecule has 1 heterocycles. The van der Waals surface area contributed by atoms with Crippen molar-refractivity contribution in [2.45, 2.75) is 6.42 Å². The predicted octanol–water partition coefficient (Wildman–Crippen LogP) is 2.11. The molecule has 0 bridgehead atoms. The number of rotatable bonds is 7. The largest absolute Gasteiger partial charge is 0.474 e. The van der Waals surface area contributed by atoms with Crippen molar-refractivity contribution in [3.63, 3.8) is 0 Å². The van der Waals surface area contributed by atoms with Crippen molar-refractivity contribution in [3.8, 4) is 5.88 Å². The molecule has 0 aliphatic carbocycles. The second kappa shape index (κ2) is 7.58. The monoisotopic (exact) mass is 376 g/mol. The van der Waals surface area contributed by atoms with E-state index in [4.69, 9.17) is 21.7 Å². The first-order valence-corrected chi connectivity index (χ1v) is 9.14. The summed E-state index contributed by atoms with van der Waals surface area (Å²) in [4.78, 5) is 0. The van der Waals surface area contributed by atoms with Crippen LogP contribution in [0.2, 0.25) is 5.02 Å². The normalized spacial score (nSPS) is 11.3. The lowest BCUT2D eigenvalue weighted by Gasteiger charge is -2.07. The SMILES string of the molecule is CS(=O)(=O)CCCOc1nonc1C(=N)Nc1ccc(F)c(Cl)c1. The summed E-state index contributed by atoms with van der Waals surface area (Å²) in [5.74, 6) is -0.852. The third-order valence-corrected chi connectivity index (χ3v) is 4.10. The summed E-state index contributed by atoms with van der Waals surface area (Å²) in [6.45, 7) is 0.0734. The number of sulfone groups is 1. The minimum absolute atomic E-state index is 0.00481. The van der Waals surface area contributed by atoms with Gasteiger partial charge < -0.3 is 10.1 Å². The van der Waals surface area contributed by atoms with Crippen molar-refractivity contribution in [2.75, 3.05) is 23.9 Å². The van der Waals surface area contributed by atoms with Gasteiger partial charge in [0.15, 0.2) is 5.84 Å². The number of nitrogens with one attached hydrogen (secondary N) is 2. The average Bonchev–Trinajstić information content (AvgIpc) is 2.95. The lowest BCUT2D eigenvalue weighted by atomic mass is 10.3. The van der Waals surface area contributed by atoms with Gasteiger partial charge in [-0.2, -0.15) is 0 Å². The molecule has 0 fully saturated rings. The Balaban J connectivity index is 1.98. The Labute approximate surface area is 142 Å². The van der Waals surface area contributed by atoms with Crippen molar-refractivity contribution in [1.82, 2.24) is 10.3 Å². The highest BCUT2D eigenvalue weighted by Gasteiger charge is 2.17. The molecule has 8 nitrogen and oxygen atoms in total. The zero-order valence-electron chi connectivity index (χ0n) is 12.5. The Kier molecular flexibility index (Phi) is 5.73. The highest BCUT2D eigenvalue weighted by molar-refractivity contribution is 7.90. The van der Waals surface area contributed by atoms with Crippen LogP contribution in [-0.4, -0.2) is 43.2 Å². The summed E-state index contributed by atoms with van der Waals surface area (Å²) in [6.07, 6.45) is 1.39. The van der Waals surface area contributed by atoms with Crippen molar-refractivity contribution in [1.29, 1.82) is 5.41 Å². The summed E-state index contributed by atoms with van der Waals surface area (Å²) in [5.41, 5.74) is 0.368. The van der Waals surface area contributed by atoms with Gasteiger partial charge in [-0.3, -0.25) is 5.41 Å². The van der Waals surface area contributed by atoms with E-state index in [9.17, 15) is 12.8 Å². The van der Waals surface area contributed by atoms with E-state index in [1.165, 1.54) is 12.1 Å².